The predicted octanol–water partition coefficient (Wildman–Crippen LogP) is 0.786. The molecule has 0 radical (unpaired) electrons. The van der Waals surface area contributed by atoms with Crippen LogP contribution >= 0.6 is 12.2 Å². The van der Waals surface area contributed by atoms with E-state index in [1.807, 2.05) is 14.1 Å². The van der Waals surface area contributed by atoms with Crippen molar-refractivity contribution in [2.75, 3.05) is 27.2 Å². The van der Waals surface area contributed by atoms with Crippen molar-refractivity contribution in [3.05, 3.63) is 35.4 Å². The molecule has 1 aromatic rings. The molecule has 0 aromatic heterocycles. The lowest BCUT2D eigenvalue weighted by Gasteiger charge is -2.20. The van der Waals surface area contributed by atoms with E-state index in [2.05, 4.69) is 4.90 Å². The first-order valence-electron chi connectivity index (χ1n) is 6.82. The summed E-state index contributed by atoms with van der Waals surface area (Å²) in [6, 6.07) is 7.41. The average Bonchev–Trinajstić information content (AvgIpc) is 2.89. The molecule has 0 spiro atoms. The molecule has 1 atom stereocenters. The highest BCUT2D eigenvalue weighted by Gasteiger charge is 2.32. The Morgan fingerprint density at radius 3 is 2.76 bits per heavy atom. The Morgan fingerprint density at radius 2 is 2.19 bits per heavy atom. The Kier molecular flexibility index (Phi) is 4.98. The van der Waals surface area contributed by atoms with Crippen molar-refractivity contribution < 1.29 is 8.42 Å². The number of nitrogens with two attached hydrogens (primary N) is 1. The first-order chi connectivity index (χ1) is 9.79. The first-order valence-corrected chi connectivity index (χ1v) is 8.84. The second-order valence-electron chi connectivity index (χ2n) is 5.58. The van der Waals surface area contributed by atoms with Crippen LogP contribution in [0.4, 0.5) is 0 Å². The van der Waals surface area contributed by atoms with E-state index in [0.717, 1.165) is 6.42 Å². The summed E-state index contributed by atoms with van der Waals surface area (Å²) in [5.41, 5.74) is 7.00. The maximum atomic E-state index is 12.5. The lowest BCUT2D eigenvalue weighted by atomic mass is 10.1. The van der Waals surface area contributed by atoms with Gasteiger partial charge in [-0.15, -0.1) is 0 Å². The molecule has 2 rings (SSSR count). The quantitative estimate of drug-likeness (QED) is 0.810. The third-order valence-corrected chi connectivity index (χ3v) is 5.86. The van der Waals surface area contributed by atoms with E-state index in [1.165, 1.54) is 0 Å². The molecule has 1 aliphatic heterocycles. The molecule has 0 bridgehead atoms. The van der Waals surface area contributed by atoms with Crippen LogP contribution in [0.5, 0.6) is 0 Å². The topological polar surface area (TPSA) is 66.6 Å². The van der Waals surface area contributed by atoms with Crippen LogP contribution in [0.2, 0.25) is 0 Å². The second-order valence-corrected chi connectivity index (χ2v) is 7.99. The molecule has 1 aromatic carbocycles. The highest BCUT2D eigenvalue weighted by atomic mass is 32.2. The lowest BCUT2D eigenvalue weighted by Crippen LogP contribution is -2.35. The van der Waals surface area contributed by atoms with Gasteiger partial charge in [0, 0.05) is 24.7 Å². The molecular formula is C14H21N3O2S2. The van der Waals surface area contributed by atoms with Gasteiger partial charge in [0.15, 0.2) is 0 Å². The maximum absolute atomic E-state index is 12.5. The fourth-order valence-corrected chi connectivity index (χ4v) is 4.19. The third-order valence-electron chi connectivity index (χ3n) is 3.81. The van der Waals surface area contributed by atoms with Crippen LogP contribution in [0.1, 0.15) is 17.5 Å². The van der Waals surface area contributed by atoms with Crippen LogP contribution in [-0.2, 0) is 15.8 Å². The maximum Gasteiger partial charge on any atom is 0.218 e. The van der Waals surface area contributed by atoms with Gasteiger partial charge in [0.1, 0.15) is 4.99 Å². The summed E-state index contributed by atoms with van der Waals surface area (Å²) < 4.78 is 26.6. The third kappa shape index (κ3) is 4.00. The van der Waals surface area contributed by atoms with Crippen LogP contribution < -0.4 is 5.73 Å². The summed E-state index contributed by atoms with van der Waals surface area (Å²) in [6.45, 7) is 1.14. The fourth-order valence-electron chi connectivity index (χ4n) is 2.50. The zero-order chi connectivity index (χ0) is 15.6. The van der Waals surface area contributed by atoms with E-state index in [-0.39, 0.29) is 10.7 Å². The van der Waals surface area contributed by atoms with Crippen LogP contribution in [0.25, 0.3) is 0 Å². The summed E-state index contributed by atoms with van der Waals surface area (Å²) in [6.07, 6.45) is 0.874. The number of hydrogen-bond acceptors (Lipinski definition) is 4. The Balaban J connectivity index is 2.11. The smallest absolute Gasteiger partial charge is 0.218 e. The second kappa shape index (κ2) is 6.39. The van der Waals surface area contributed by atoms with Crippen molar-refractivity contribution in [2.24, 2.45) is 5.73 Å². The number of nitrogens with zero attached hydrogens (tertiary/aromatic N) is 2. The molecule has 21 heavy (non-hydrogen) atoms. The molecule has 7 heteroatoms. The Labute approximate surface area is 131 Å². The SMILES string of the molecule is CN(C)C1CCN(S(=O)(=O)Cc2cccc(C(N)=S)c2)C1. The van der Waals surface area contributed by atoms with Crippen molar-refractivity contribution in [1.82, 2.24) is 9.21 Å². The number of hydrogen-bond donors (Lipinski definition) is 1. The van der Waals surface area contributed by atoms with Gasteiger partial charge in [-0.3, -0.25) is 0 Å². The lowest BCUT2D eigenvalue weighted by molar-refractivity contribution is 0.302. The molecule has 116 valence electrons. The predicted molar refractivity (Wildman–Crippen MR) is 88.6 cm³/mol. The van der Waals surface area contributed by atoms with E-state index in [4.69, 9.17) is 18.0 Å². The van der Waals surface area contributed by atoms with Gasteiger partial charge < -0.3 is 10.6 Å². The number of rotatable bonds is 5. The molecule has 1 unspecified atom stereocenters. The fraction of sp³-hybridized carbons (Fsp3) is 0.500. The molecule has 0 amide bonds. The van der Waals surface area contributed by atoms with Crippen molar-refractivity contribution in [1.29, 1.82) is 0 Å². The summed E-state index contributed by atoms with van der Waals surface area (Å²) in [5.74, 6) is -0.0103. The van der Waals surface area contributed by atoms with Crippen molar-refractivity contribution >= 4 is 27.2 Å². The van der Waals surface area contributed by atoms with E-state index >= 15 is 0 Å². The normalized spacial score (nSPS) is 20.0. The zero-order valence-corrected chi connectivity index (χ0v) is 14.0. The molecule has 1 heterocycles. The first kappa shape index (κ1) is 16.4. The zero-order valence-electron chi connectivity index (χ0n) is 12.3. The number of benzene rings is 1. The standard InChI is InChI=1S/C14H21N3O2S2/c1-16(2)13-6-7-17(9-13)21(18,19)10-11-4-3-5-12(8-11)14(15)20/h3-5,8,13H,6-7,9-10H2,1-2H3,(H2,15,20). The average molecular weight is 327 g/mol. The van der Waals surface area contributed by atoms with Gasteiger partial charge in [-0.2, -0.15) is 0 Å². The molecule has 0 saturated carbocycles. The van der Waals surface area contributed by atoms with E-state index in [0.29, 0.717) is 30.3 Å². The van der Waals surface area contributed by atoms with Gasteiger partial charge in [-0.25, -0.2) is 12.7 Å². The van der Waals surface area contributed by atoms with Gasteiger partial charge in [0.05, 0.1) is 5.75 Å². The van der Waals surface area contributed by atoms with Crippen molar-refractivity contribution in [3.63, 3.8) is 0 Å². The summed E-state index contributed by atoms with van der Waals surface area (Å²) in [7, 11) is 0.658. The Hall–Kier alpha value is -1.02. The molecule has 0 aliphatic carbocycles. The molecular weight excluding hydrogens is 306 g/mol. The van der Waals surface area contributed by atoms with Crippen LogP contribution in [0.15, 0.2) is 24.3 Å². The molecule has 1 aliphatic rings. The minimum Gasteiger partial charge on any atom is -0.389 e. The molecule has 1 saturated heterocycles. The minimum absolute atomic E-state index is 0.0103. The Morgan fingerprint density at radius 1 is 1.48 bits per heavy atom. The monoisotopic (exact) mass is 327 g/mol. The van der Waals surface area contributed by atoms with Crippen LogP contribution in [-0.4, -0.2) is 55.8 Å². The number of likely N-dealkylation sites (N-methyl/N-ethyl adjacent to an activating group) is 1. The number of thiocarbonyl (C=S) groups is 1. The van der Waals surface area contributed by atoms with E-state index < -0.39 is 10.0 Å². The van der Waals surface area contributed by atoms with Gasteiger partial charge in [-0.1, -0.05) is 30.4 Å². The highest BCUT2D eigenvalue weighted by Crippen LogP contribution is 2.20. The van der Waals surface area contributed by atoms with E-state index in [9.17, 15) is 8.42 Å². The van der Waals surface area contributed by atoms with Gasteiger partial charge >= 0.3 is 0 Å². The summed E-state index contributed by atoms with van der Waals surface area (Å²) in [4.78, 5) is 2.35. The molecule has 5 nitrogen and oxygen atoms in total. The van der Waals surface area contributed by atoms with E-state index in [1.54, 1.807) is 28.6 Å². The van der Waals surface area contributed by atoms with Crippen LogP contribution in [0.3, 0.4) is 0 Å². The van der Waals surface area contributed by atoms with Gasteiger partial charge in [-0.05, 0) is 32.1 Å². The Bertz CT molecular complexity index is 629. The highest BCUT2D eigenvalue weighted by molar-refractivity contribution is 7.88. The summed E-state index contributed by atoms with van der Waals surface area (Å²) >= 11 is 4.93. The van der Waals surface area contributed by atoms with Crippen molar-refractivity contribution in [2.45, 2.75) is 18.2 Å². The van der Waals surface area contributed by atoms with Crippen LogP contribution in [0, 0.1) is 0 Å². The summed E-state index contributed by atoms with van der Waals surface area (Å²) in [5, 5.41) is 0. The van der Waals surface area contributed by atoms with Gasteiger partial charge in [0.25, 0.3) is 0 Å². The van der Waals surface area contributed by atoms with Crippen molar-refractivity contribution in [3.8, 4) is 0 Å². The van der Waals surface area contributed by atoms with Gasteiger partial charge in [0.2, 0.25) is 10.0 Å². The number of sulfonamides is 1. The minimum atomic E-state index is -3.30. The molecule has 2 N–H and O–H groups in total. The molecule has 1 fully saturated rings. The largest absolute Gasteiger partial charge is 0.389 e.